The van der Waals surface area contributed by atoms with E-state index in [2.05, 4.69) is 33.4 Å². The molecule has 0 atom stereocenters. The summed E-state index contributed by atoms with van der Waals surface area (Å²) in [6, 6.07) is 14.8. The number of carbonyl (C=O) groups is 1. The number of carbonyl (C=O) groups excluding carboxylic acids is 1. The minimum absolute atomic E-state index is 0.248. The zero-order valence-electron chi connectivity index (χ0n) is 14.4. The van der Waals surface area contributed by atoms with E-state index >= 15 is 0 Å². The molecule has 5 heteroatoms. The van der Waals surface area contributed by atoms with E-state index in [1.54, 1.807) is 18.3 Å². The van der Waals surface area contributed by atoms with Crippen molar-refractivity contribution in [2.24, 2.45) is 5.10 Å². The first-order chi connectivity index (χ1) is 12.2. The van der Waals surface area contributed by atoms with Crippen LogP contribution in [-0.4, -0.2) is 18.7 Å². The van der Waals surface area contributed by atoms with E-state index in [1.807, 2.05) is 36.4 Å². The molecule has 0 spiro atoms. The van der Waals surface area contributed by atoms with Gasteiger partial charge in [-0.3, -0.25) is 4.79 Å². The molecule has 0 heterocycles. The number of nitrogens with zero attached hydrogens (tertiary/aromatic N) is 1. The molecule has 0 aliphatic carbocycles. The first kappa shape index (κ1) is 19.2. The Morgan fingerprint density at radius 1 is 1.12 bits per heavy atom. The number of halogens is 1. The molecule has 0 unspecified atom stereocenters. The molecule has 0 bridgehead atoms. The van der Waals surface area contributed by atoms with Crippen LogP contribution in [0.15, 0.2) is 58.1 Å². The monoisotopic (exact) mass is 402 g/mol. The first-order valence-electron chi connectivity index (χ1n) is 8.51. The maximum atomic E-state index is 12.0. The van der Waals surface area contributed by atoms with Gasteiger partial charge < -0.3 is 4.74 Å². The SMILES string of the molecule is CCCCCCOc1ccccc1C=NNC(=O)c1ccc(Br)cc1. The molecular weight excluding hydrogens is 380 g/mol. The Hall–Kier alpha value is -2.14. The highest BCUT2D eigenvalue weighted by Crippen LogP contribution is 2.16. The molecule has 0 saturated heterocycles. The maximum absolute atomic E-state index is 12.0. The Morgan fingerprint density at radius 3 is 2.64 bits per heavy atom. The molecule has 132 valence electrons. The van der Waals surface area contributed by atoms with Crippen molar-refractivity contribution in [3.05, 3.63) is 64.1 Å². The molecule has 2 rings (SSSR count). The smallest absolute Gasteiger partial charge is 0.271 e. The van der Waals surface area contributed by atoms with Crippen LogP contribution in [-0.2, 0) is 0 Å². The topological polar surface area (TPSA) is 50.7 Å². The number of rotatable bonds is 9. The summed E-state index contributed by atoms with van der Waals surface area (Å²) in [6.45, 7) is 2.88. The summed E-state index contributed by atoms with van der Waals surface area (Å²) in [4.78, 5) is 12.0. The number of benzene rings is 2. The summed E-state index contributed by atoms with van der Waals surface area (Å²) in [7, 11) is 0. The zero-order valence-corrected chi connectivity index (χ0v) is 16.0. The fourth-order valence-corrected chi connectivity index (χ4v) is 2.52. The molecule has 2 aromatic rings. The van der Waals surface area contributed by atoms with Gasteiger partial charge in [-0.2, -0.15) is 5.10 Å². The van der Waals surface area contributed by atoms with E-state index in [1.165, 1.54) is 19.3 Å². The van der Waals surface area contributed by atoms with E-state index in [9.17, 15) is 4.79 Å². The van der Waals surface area contributed by atoms with E-state index < -0.39 is 0 Å². The Kier molecular flexibility index (Phi) is 8.19. The van der Waals surface area contributed by atoms with Gasteiger partial charge in [0.15, 0.2) is 0 Å². The molecule has 0 aromatic heterocycles. The highest BCUT2D eigenvalue weighted by atomic mass is 79.9. The minimum Gasteiger partial charge on any atom is -0.493 e. The van der Waals surface area contributed by atoms with E-state index in [0.717, 1.165) is 22.2 Å². The van der Waals surface area contributed by atoms with Crippen LogP contribution in [0.3, 0.4) is 0 Å². The normalized spacial score (nSPS) is 10.8. The minimum atomic E-state index is -0.248. The highest BCUT2D eigenvalue weighted by molar-refractivity contribution is 9.10. The number of hydrazone groups is 1. The Balaban J connectivity index is 1.89. The molecule has 4 nitrogen and oxygen atoms in total. The summed E-state index contributed by atoms with van der Waals surface area (Å²) in [5.41, 5.74) is 3.94. The molecule has 1 N–H and O–H groups in total. The molecule has 0 fully saturated rings. The second kappa shape index (κ2) is 10.7. The van der Waals surface area contributed by atoms with E-state index in [-0.39, 0.29) is 5.91 Å². The van der Waals surface area contributed by atoms with Crippen molar-refractivity contribution in [2.75, 3.05) is 6.61 Å². The van der Waals surface area contributed by atoms with Crippen LogP contribution in [0.25, 0.3) is 0 Å². The van der Waals surface area contributed by atoms with Crippen molar-refractivity contribution in [3.8, 4) is 5.75 Å². The van der Waals surface area contributed by atoms with Crippen LogP contribution in [0.5, 0.6) is 5.75 Å². The number of ether oxygens (including phenoxy) is 1. The fourth-order valence-electron chi connectivity index (χ4n) is 2.26. The summed E-state index contributed by atoms with van der Waals surface area (Å²) in [5.74, 6) is 0.530. The number of hydrogen-bond acceptors (Lipinski definition) is 3. The first-order valence-corrected chi connectivity index (χ1v) is 9.31. The van der Waals surface area contributed by atoms with Gasteiger partial charge in [0.05, 0.1) is 12.8 Å². The molecule has 0 aliphatic heterocycles. The van der Waals surface area contributed by atoms with Gasteiger partial charge in [0.1, 0.15) is 5.75 Å². The van der Waals surface area contributed by atoms with Crippen molar-refractivity contribution in [3.63, 3.8) is 0 Å². The Labute approximate surface area is 157 Å². The summed E-state index contributed by atoms with van der Waals surface area (Å²) < 4.78 is 6.76. The summed E-state index contributed by atoms with van der Waals surface area (Å²) in [5, 5.41) is 4.04. The Bertz CT molecular complexity index is 699. The van der Waals surface area contributed by atoms with Gasteiger partial charge in [-0.25, -0.2) is 5.43 Å². The fraction of sp³-hybridized carbons (Fsp3) is 0.300. The van der Waals surface area contributed by atoms with Crippen molar-refractivity contribution >= 4 is 28.1 Å². The molecule has 25 heavy (non-hydrogen) atoms. The van der Waals surface area contributed by atoms with Gasteiger partial charge in [0.25, 0.3) is 5.91 Å². The average molecular weight is 403 g/mol. The van der Waals surface area contributed by atoms with Crippen molar-refractivity contribution in [1.29, 1.82) is 0 Å². The zero-order chi connectivity index (χ0) is 17.9. The lowest BCUT2D eigenvalue weighted by Gasteiger charge is -2.08. The van der Waals surface area contributed by atoms with Crippen molar-refractivity contribution < 1.29 is 9.53 Å². The standard InChI is InChI=1S/C20H23BrN2O2/c1-2-3-4-7-14-25-19-9-6-5-8-17(19)15-22-23-20(24)16-10-12-18(21)13-11-16/h5-6,8-13,15H,2-4,7,14H2,1H3,(H,23,24). The molecule has 1 amide bonds. The molecule has 2 aromatic carbocycles. The van der Waals surface area contributed by atoms with Crippen LogP contribution in [0.2, 0.25) is 0 Å². The molecule has 0 radical (unpaired) electrons. The van der Waals surface area contributed by atoms with Gasteiger partial charge in [-0.05, 0) is 42.8 Å². The van der Waals surface area contributed by atoms with E-state index in [4.69, 9.17) is 4.74 Å². The van der Waals surface area contributed by atoms with Crippen LogP contribution >= 0.6 is 15.9 Å². The van der Waals surface area contributed by atoms with Gasteiger partial charge in [-0.15, -0.1) is 0 Å². The molecular formula is C20H23BrN2O2. The second-order valence-corrected chi connectivity index (χ2v) is 6.57. The van der Waals surface area contributed by atoms with Crippen LogP contribution < -0.4 is 10.2 Å². The third-order valence-corrected chi connectivity index (χ3v) is 4.18. The summed E-state index contributed by atoms with van der Waals surface area (Å²) >= 11 is 3.34. The lowest BCUT2D eigenvalue weighted by Crippen LogP contribution is -2.17. The van der Waals surface area contributed by atoms with Gasteiger partial charge in [0, 0.05) is 15.6 Å². The van der Waals surface area contributed by atoms with E-state index in [0.29, 0.717) is 12.2 Å². The number of amides is 1. The Morgan fingerprint density at radius 2 is 1.88 bits per heavy atom. The third-order valence-electron chi connectivity index (χ3n) is 3.65. The lowest BCUT2D eigenvalue weighted by atomic mass is 10.2. The average Bonchev–Trinajstić information content (AvgIpc) is 2.63. The van der Waals surface area contributed by atoms with Crippen molar-refractivity contribution in [1.82, 2.24) is 5.43 Å². The number of hydrogen-bond donors (Lipinski definition) is 1. The largest absolute Gasteiger partial charge is 0.493 e. The van der Waals surface area contributed by atoms with Crippen LogP contribution in [0.1, 0.15) is 48.5 Å². The predicted octanol–water partition coefficient (Wildman–Crippen LogP) is 5.17. The molecule has 0 saturated carbocycles. The number of nitrogens with one attached hydrogen (secondary N) is 1. The second-order valence-electron chi connectivity index (χ2n) is 5.65. The predicted molar refractivity (Wildman–Crippen MR) is 105 cm³/mol. The number of unbranched alkanes of at least 4 members (excludes halogenated alkanes) is 3. The highest BCUT2D eigenvalue weighted by Gasteiger charge is 2.04. The van der Waals surface area contributed by atoms with Crippen LogP contribution in [0, 0.1) is 0 Å². The number of para-hydroxylation sites is 1. The van der Waals surface area contributed by atoms with Gasteiger partial charge in [-0.1, -0.05) is 54.2 Å². The molecule has 0 aliphatic rings. The van der Waals surface area contributed by atoms with Crippen molar-refractivity contribution in [2.45, 2.75) is 32.6 Å². The quantitative estimate of drug-likeness (QED) is 0.357. The third kappa shape index (κ3) is 6.70. The van der Waals surface area contributed by atoms with Crippen LogP contribution in [0.4, 0.5) is 0 Å². The lowest BCUT2D eigenvalue weighted by molar-refractivity contribution is 0.0955. The van der Waals surface area contributed by atoms with Gasteiger partial charge >= 0.3 is 0 Å². The maximum Gasteiger partial charge on any atom is 0.271 e. The summed E-state index contributed by atoms with van der Waals surface area (Å²) in [6.07, 6.45) is 6.27. The van der Waals surface area contributed by atoms with Gasteiger partial charge in [0.2, 0.25) is 0 Å².